The molecule has 0 aromatic heterocycles. The number of urea groups is 1. The summed E-state index contributed by atoms with van der Waals surface area (Å²) in [6.45, 7) is 6.46. The van der Waals surface area contributed by atoms with Crippen molar-refractivity contribution in [2.75, 3.05) is 6.54 Å². The number of unbranched alkanes of at least 4 members (excludes halogenated alkanes) is 1. The lowest BCUT2D eigenvalue weighted by molar-refractivity contribution is 0.219. The quantitative estimate of drug-likeness (QED) is 0.634. The molecule has 0 aliphatic rings. The largest absolute Gasteiger partial charge is 0.351 e. The zero-order valence-electron chi connectivity index (χ0n) is 6.63. The molecule has 1 radical (unpaired) electrons. The Kier molecular flexibility index (Phi) is 4.72. The van der Waals surface area contributed by atoms with Crippen LogP contribution in [0.1, 0.15) is 26.7 Å². The van der Waals surface area contributed by atoms with Crippen LogP contribution in [-0.4, -0.2) is 17.5 Å². The Balaban J connectivity index is 3.50. The Morgan fingerprint density at radius 1 is 1.60 bits per heavy atom. The van der Waals surface area contributed by atoms with Gasteiger partial charge in [-0.1, -0.05) is 13.3 Å². The highest BCUT2D eigenvalue weighted by atomic mass is 16.2. The summed E-state index contributed by atoms with van der Waals surface area (Å²) in [6, 6.07) is -0.365. The minimum Gasteiger partial charge on any atom is -0.351 e. The van der Waals surface area contributed by atoms with E-state index in [4.69, 9.17) is 5.73 Å². The molecule has 59 valence electrons. The van der Waals surface area contributed by atoms with E-state index in [0.29, 0.717) is 6.54 Å². The molecule has 0 heterocycles. The Morgan fingerprint density at radius 3 is 2.50 bits per heavy atom. The van der Waals surface area contributed by atoms with Crippen molar-refractivity contribution < 1.29 is 4.79 Å². The number of hydrogen-bond acceptors (Lipinski definition) is 1. The van der Waals surface area contributed by atoms with Crippen LogP contribution >= 0.6 is 0 Å². The van der Waals surface area contributed by atoms with Gasteiger partial charge in [-0.15, -0.1) is 0 Å². The second-order valence-corrected chi connectivity index (χ2v) is 2.10. The fourth-order valence-corrected chi connectivity index (χ4v) is 0.660. The summed E-state index contributed by atoms with van der Waals surface area (Å²) in [5, 5.41) is 0. The van der Waals surface area contributed by atoms with Crippen molar-refractivity contribution in [3.05, 3.63) is 6.54 Å². The van der Waals surface area contributed by atoms with Crippen LogP contribution in [0.5, 0.6) is 0 Å². The van der Waals surface area contributed by atoms with E-state index in [0.717, 1.165) is 12.8 Å². The molecule has 0 saturated carbocycles. The number of hydrogen-bond donors (Lipinski definition) is 1. The average Bonchev–Trinajstić information content (AvgIpc) is 1.89. The first kappa shape index (κ1) is 9.27. The summed E-state index contributed by atoms with van der Waals surface area (Å²) >= 11 is 0. The first-order valence-electron chi connectivity index (χ1n) is 3.61. The molecule has 2 N–H and O–H groups in total. The van der Waals surface area contributed by atoms with Crippen LogP contribution in [0.2, 0.25) is 0 Å². The highest BCUT2D eigenvalue weighted by Crippen LogP contribution is 1.98. The van der Waals surface area contributed by atoms with E-state index >= 15 is 0 Å². The van der Waals surface area contributed by atoms with Gasteiger partial charge in [-0.2, -0.15) is 0 Å². The fourth-order valence-electron chi connectivity index (χ4n) is 0.660. The minimum atomic E-state index is -0.365. The molecule has 0 aromatic carbocycles. The molecule has 0 bridgehead atoms. The molecule has 3 heteroatoms. The van der Waals surface area contributed by atoms with Crippen molar-refractivity contribution in [3.63, 3.8) is 0 Å². The van der Waals surface area contributed by atoms with Gasteiger partial charge in [-0.05, 0) is 13.3 Å². The molecule has 0 aliphatic heterocycles. The zero-order valence-corrected chi connectivity index (χ0v) is 6.63. The smallest absolute Gasteiger partial charge is 0.315 e. The van der Waals surface area contributed by atoms with Gasteiger partial charge in [0.25, 0.3) is 0 Å². The normalized spacial score (nSPS) is 9.40. The highest BCUT2D eigenvalue weighted by molar-refractivity contribution is 5.72. The molecule has 3 nitrogen and oxygen atoms in total. The van der Waals surface area contributed by atoms with E-state index in [2.05, 4.69) is 6.92 Å². The summed E-state index contributed by atoms with van der Waals surface area (Å²) in [7, 11) is 0. The highest BCUT2D eigenvalue weighted by Gasteiger charge is 2.04. The Bertz CT molecular complexity index is 104. The predicted molar refractivity (Wildman–Crippen MR) is 41.2 cm³/mol. The van der Waals surface area contributed by atoms with Crippen molar-refractivity contribution in [2.45, 2.75) is 26.7 Å². The number of amides is 2. The van der Waals surface area contributed by atoms with E-state index < -0.39 is 0 Å². The van der Waals surface area contributed by atoms with E-state index in [9.17, 15) is 4.79 Å². The van der Waals surface area contributed by atoms with Gasteiger partial charge in [0.05, 0.1) is 6.54 Å². The van der Waals surface area contributed by atoms with Crippen LogP contribution < -0.4 is 5.73 Å². The molecule has 0 saturated heterocycles. The van der Waals surface area contributed by atoms with Gasteiger partial charge in [0.15, 0.2) is 0 Å². The molecule has 0 atom stereocenters. The second-order valence-electron chi connectivity index (χ2n) is 2.10. The molecule has 10 heavy (non-hydrogen) atoms. The SMILES string of the molecule is CCC[CH]N(CC)C(N)=O. The Hall–Kier alpha value is -0.730. The number of carbonyl (C=O) groups excluding carboxylic acids is 1. The topological polar surface area (TPSA) is 46.3 Å². The summed E-state index contributed by atoms with van der Waals surface area (Å²) in [6.07, 6.45) is 1.96. The number of carbonyl (C=O) groups is 1. The lowest BCUT2D eigenvalue weighted by atomic mass is 10.3. The molecule has 0 spiro atoms. The molecular formula is C7H15N2O. The average molecular weight is 143 g/mol. The molecule has 0 fully saturated rings. The van der Waals surface area contributed by atoms with E-state index in [1.807, 2.05) is 13.5 Å². The Morgan fingerprint density at radius 2 is 2.20 bits per heavy atom. The Labute approximate surface area is 62.2 Å². The van der Waals surface area contributed by atoms with Crippen molar-refractivity contribution in [1.29, 1.82) is 0 Å². The third-order valence-electron chi connectivity index (χ3n) is 1.26. The summed E-state index contributed by atoms with van der Waals surface area (Å²) in [5.41, 5.74) is 5.04. The van der Waals surface area contributed by atoms with Gasteiger partial charge in [0.2, 0.25) is 0 Å². The summed E-state index contributed by atoms with van der Waals surface area (Å²) in [4.78, 5) is 12.1. The fraction of sp³-hybridized carbons (Fsp3) is 0.714. The lowest BCUT2D eigenvalue weighted by Crippen LogP contribution is -2.33. The molecule has 0 aliphatic carbocycles. The van der Waals surface area contributed by atoms with Gasteiger partial charge in [-0.3, -0.25) is 0 Å². The van der Waals surface area contributed by atoms with Crippen molar-refractivity contribution in [3.8, 4) is 0 Å². The van der Waals surface area contributed by atoms with Crippen LogP contribution in [0.4, 0.5) is 4.79 Å². The molecule has 0 aromatic rings. The zero-order chi connectivity index (χ0) is 7.98. The van der Waals surface area contributed by atoms with Gasteiger partial charge in [0.1, 0.15) is 0 Å². The first-order valence-corrected chi connectivity index (χ1v) is 3.61. The van der Waals surface area contributed by atoms with Gasteiger partial charge in [-0.25, -0.2) is 4.79 Å². The minimum absolute atomic E-state index is 0.365. The van der Waals surface area contributed by atoms with Gasteiger partial charge in [0, 0.05) is 6.54 Å². The summed E-state index contributed by atoms with van der Waals surface area (Å²) < 4.78 is 0. The molecular weight excluding hydrogens is 128 g/mol. The maximum Gasteiger partial charge on any atom is 0.315 e. The first-order chi connectivity index (χ1) is 4.72. The number of primary amides is 1. The van der Waals surface area contributed by atoms with Crippen molar-refractivity contribution in [2.24, 2.45) is 5.73 Å². The third kappa shape index (κ3) is 3.33. The number of rotatable bonds is 4. The van der Waals surface area contributed by atoms with Crippen LogP contribution in [0, 0.1) is 6.54 Å². The number of nitrogens with two attached hydrogens (primary N) is 1. The van der Waals surface area contributed by atoms with Crippen molar-refractivity contribution >= 4 is 6.03 Å². The van der Waals surface area contributed by atoms with E-state index in [-0.39, 0.29) is 6.03 Å². The molecule has 0 unspecified atom stereocenters. The van der Waals surface area contributed by atoms with Crippen LogP contribution in [0.25, 0.3) is 0 Å². The lowest BCUT2D eigenvalue weighted by Gasteiger charge is -2.16. The van der Waals surface area contributed by atoms with Crippen molar-refractivity contribution in [1.82, 2.24) is 4.90 Å². The molecule has 0 rings (SSSR count). The predicted octanol–water partition coefficient (Wildman–Crippen LogP) is 1.35. The maximum atomic E-state index is 10.6. The van der Waals surface area contributed by atoms with Gasteiger partial charge >= 0.3 is 6.03 Å². The van der Waals surface area contributed by atoms with Crippen LogP contribution in [0.3, 0.4) is 0 Å². The van der Waals surface area contributed by atoms with E-state index in [1.54, 1.807) is 0 Å². The van der Waals surface area contributed by atoms with E-state index in [1.165, 1.54) is 4.90 Å². The van der Waals surface area contributed by atoms with Crippen LogP contribution in [-0.2, 0) is 0 Å². The summed E-state index contributed by atoms with van der Waals surface area (Å²) in [5.74, 6) is 0. The molecule has 2 amide bonds. The van der Waals surface area contributed by atoms with Gasteiger partial charge < -0.3 is 10.6 Å². The third-order valence-corrected chi connectivity index (χ3v) is 1.26. The maximum absolute atomic E-state index is 10.6. The van der Waals surface area contributed by atoms with Crippen LogP contribution in [0.15, 0.2) is 0 Å². The monoisotopic (exact) mass is 143 g/mol. The second kappa shape index (κ2) is 5.09. The standard InChI is InChI=1S/C7H15N2O/c1-3-5-6-9(4-2)7(8)10/h6H,3-5H2,1-2H3,(H2,8,10). The number of nitrogens with zero attached hydrogens (tertiary/aromatic N) is 1.